The Labute approximate surface area is 201 Å². The number of carbonyl (C=O) groups excluding carboxylic acids is 1. The Kier molecular flexibility index (Phi) is 6.73. The molecule has 1 fully saturated rings. The van der Waals surface area contributed by atoms with E-state index in [9.17, 15) is 4.79 Å². The van der Waals surface area contributed by atoms with Crippen LogP contribution >= 0.6 is 0 Å². The van der Waals surface area contributed by atoms with E-state index in [1.807, 2.05) is 52.0 Å². The Balaban J connectivity index is 1.33. The highest BCUT2D eigenvalue weighted by molar-refractivity contribution is 5.94. The number of nitrogens with one attached hydrogen (secondary N) is 1. The van der Waals surface area contributed by atoms with E-state index in [1.165, 1.54) is 17.7 Å². The molecule has 2 heterocycles. The first-order valence-corrected chi connectivity index (χ1v) is 12.4. The van der Waals surface area contributed by atoms with Gasteiger partial charge < -0.3 is 10.2 Å². The summed E-state index contributed by atoms with van der Waals surface area (Å²) in [4.78, 5) is 15.5. The number of carbonyl (C=O) groups is 1. The molecule has 6 heteroatoms. The lowest BCUT2D eigenvalue weighted by Gasteiger charge is -2.27. The van der Waals surface area contributed by atoms with Crippen molar-refractivity contribution in [2.24, 2.45) is 0 Å². The first-order chi connectivity index (χ1) is 16.7. The van der Waals surface area contributed by atoms with E-state index in [-0.39, 0.29) is 5.91 Å². The van der Waals surface area contributed by atoms with Gasteiger partial charge in [-0.2, -0.15) is 10.4 Å². The van der Waals surface area contributed by atoms with Crippen LogP contribution in [-0.2, 0) is 19.3 Å². The maximum absolute atomic E-state index is 13.5. The Morgan fingerprint density at radius 1 is 1.06 bits per heavy atom. The smallest absolute Gasteiger partial charge is 0.274 e. The molecule has 3 aromatic rings. The van der Waals surface area contributed by atoms with Crippen molar-refractivity contribution in [2.45, 2.75) is 51.0 Å². The summed E-state index contributed by atoms with van der Waals surface area (Å²) in [7, 11) is 0. The lowest BCUT2D eigenvalue weighted by Crippen LogP contribution is -2.38. The number of likely N-dealkylation sites (tertiary alicyclic amines) is 1. The van der Waals surface area contributed by atoms with Crippen molar-refractivity contribution in [3.63, 3.8) is 0 Å². The predicted octanol–water partition coefficient (Wildman–Crippen LogP) is 4.06. The Hall–Kier alpha value is -3.43. The van der Waals surface area contributed by atoms with Gasteiger partial charge in [0.25, 0.3) is 5.91 Å². The summed E-state index contributed by atoms with van der Waals surface area (Å²) in [6, 6.07) is 20.5. The third kappa shape index (κ3) is 4.76. The molecule has 34 heavy (non-hydrogen) atoms. The average molecular weight is 454 g/mol. The van der Waals surface area contributed by atoms with Crippen LogP contribution in [0.5, 0.6) is 0 Å². The van der Waals surface area contributed by atoms with Gasteiger partial charge >= 0.3 is 0 Å². The number of amides is 1. The van der Waals surface area contributed by atoms with Crippen LogP contribution in [0, 0.1) is 11.3 Å². The van der Waals surface area contributed by atoms with Gasteiger partial charge in [-0.1, -0.05) is 30.3 Å². The molecule has 0 spiro atoms. The van der Waals surface area contributed by atoms with Crippen molar-refractivity contribution in [1.82, 2.24) is 20.0 Å². The number of hydrogen-bond acceptors (Lipinski definition) is 4. The normalized spacial score (nSPS) is 17.7. The molecule has 0 radical (unpaired) electrons. The number of aromatic nitrogens is 2. The fourth-order valence-electron chi connectivity index (χ4n) is 5.16. The van der Waals surface area contributed by atoms with Crippen LogP contribution in [0.1, 0.15) is 58.6 Å². The molecule has 2 aromatic carbocycles. The topological polar surface area (TPSA) is 74.0 Å². The van der Waals surface area contributed by atoms with Gasteiger partial charge in [-0.05, 0) is 81.3 Å². The average Bonchev–Trinajstić information content (AvgIpc) is 3.28. The van der Waals surface area contributed by atoms with Gasteiger partial charge in [-0.15, -0.1) is 0 Å². The fourth-order valence-corrected chi connectivity index (χ4v) is 5.16. The highest BCUT2D eigenvalue weighted by atomic mass is 16.2. The molecule has 1 unspecified atom stereocenters. The lowest BCUT2D eigenvalue weighted by atomic mass is 9.90. The number of para-hydroxylation sites is 1. The second kappa shape index (κ2) is 10.2. The first-order valence-electron chi connectivity index (χ1n) is 12.4. The molecular weight excluding hydrogens is 422 g/mol. The van der Waals surface area contributed by atoms with Crippen LogP contribution < -0.4 is 5.32 Å². The van der Waals surface area contributed by atoms with Crippen molar-refractivity contribution < 1.29 is 4.79 Å². The first kappa shape index (κ1) is 22.4. The van der Waals surface area contributed by atoms with Gasteiger partial charge in [0.1, 0.15) is 0 Å². The molecule has 1 N–H and O–H groups in total. The standard InChI is InChI=1S/C28H31N5O/c29-20-22-11-9-21(10-12-22)15-16-30-23-13-14-26-25(19-23)27(28(34)32-17-5-2-6-18-32)31-33(26)24-7-3-1-4-8-24/h1,3-4,7-12,23,30H,2,5-6,13-19H2. The van der Waals surface area contributed by atoms with Crippen molar-refractivity contribution in [2.75, 3.05) is 19.6 Å². The molecule has 2 aliphatic rings. The summed E-state index contributed by atoms with van der Waals surface area (Å²) in [5.41, 5.74) is 5.86. The Morgan fingerprint density at radius 3 is 2.56 bits per heavy atom. The van der Waals surface area contributed by atoms with E-state index < -0.39 is 0 Å². The largest absolute Gasteiger partial charge is 0.337 e. The van der Waals surface area contributed by atoms with Crippen LogP contribution in [0.2, 0.25) is 0 Å². The quantitative estimate of drug-likeness (QED) is 0.611. The minimum absolute atomic E-state index is 0.0869. The molecule has 174 valence electrons. The summed E-state index contributed by atoms with van der Waals surface area (Å²) >= 11 is 0. The van der Waals surface area contributed by atoms with E-state index in [0.717, 1.165) is 69.4 Å². The van der Waals surface area contributed by atoms with Crippen LogP contribution in [0.15, 0.2) is 54.6 Å². The van der Waals surface area contributed by atoms with Gasteiger partial charge in [-0.25, -0.2) is 4.68 Å². The summed E-state index contributed by atoms with van der Waals surface area (Å²) in [6.45, 7) is 2.53. The molecule has 1 aromatic heterocycles. The van der Waals surface area contributed by atoms with E-state index >= 15 is 0 Å². The number of hydrogen-bond donors (Lipinski definition) is 1. The van der Waals surface area contributed by atoms with Crippen LogP contribution in [-0.4, -0.2) is 46.3 Å². The maximum atomic E-state index is 13.5. The van der Waals surface area contributed by atoms with Crippen LogP contribution in [0.25, 0.3) is 5.69 Å². The summed E-state index contributed by atoms with van der Waals surface area (Å²) in [5, 5.41) is 17.6. The Morgan fingerprint density at radius 2 is 1.82 bits per heavy atom. The fraction of sp³-hybridized carbons (Fsp3) is 0.393. The van der Waals surface area contributed by atoms with Gasteiger partial charge in [0.05, 0.1) is 17.3 Å². The molecule has 6 nitrogen and oxygen atoms in total. The molecular formula is C28H31N5O. The number of piperidine rings is 1. The molecule has 0 saturated carbocycles. The SMILES string of the molecule is N#Cc1ccc(CCNC2CCc3c(c(C(=O)N4CCCCC4)nn3-c3ccccc3)C2)cc1. The third-order valence-corrected chi connectivity index (χ3v) is 7.05. The minimum atomic E-state index is 0.0869. The van der Waals surface area contributed by atoms with Gasteiger partial charge in [0.2, 0.25) is 0 Å². The van der Waals surface area contributed by atoms with Crippen molar-refractivity contribution >= 4 is 5.91 Å². The van der Waals surface area contributed by atoms with Gasteiger partial charge in [0.15, 0.2) is 5.69 Å². The maximum Gasteiger partial charge on any atom is 0.274 e. The molecule has 1 amide bonds. The molecule has 0 bridgehead atoms. The van der Waals surface area contributed by atoms with Crippen molar-refractivity contribution in [3.05, 3.63) is 82.7 Å². The van der Waals surface area contributed by atoms with E-state index in [0.29, 0.717) is 17.3 Å². The van der Waals surface area contributed by atoms with E-state index in [2.05, 4.69) is 23.5 Å². The second-order valence-electron chi connectivity index (χ2n) is 9.33. The predicted molar refractivity (Wildman–Crippen MR) is 132 cm³/mol. The molecule has 5 rings (SSSR count). The molecule has 1 aliphatic carbocycles. The molecule has 1 aliphatic heterocycles. The second-order valence-corrected chi connectivity index (χ2v) is 9.33. The summed E-state index contributed by atoms with van der Waals surface area (Å²) in [6.07, 6.45) is 7.02. The monoisotopic (exact) mass is 453 g/mol. The van der Waals surface area contributed by atoms with Crippen molar-refractivity contribution in [1.29, 1.82) is 5.26 Å². The lowest BCUT2D eigenvalue weighted by molar-refractivity contribution is 0.0716. The molecule has 1 saturated heterocycles. The van der Waals surface area contributed by atoms with E-state index in [1.54, 1.807) is 0 Å². The summed E-state index contributed by atoms with van der Waals surface area (Å²) in [5.74, 6) is 0.0869. The van der Waals surface area contributed by atoms with Gasteiger partial charge in [-0.3, -0.25) is 4.79 Å². The zero-order valence-electron chi connectivity index (χ0n) is 19.5. The zero-order chi connectivity index (χ0) is 23.3. The highest BCUT2D eigenvalue weighted by Gasteiger charge is 2.31. The van der Waals surface area contributed by atoms with Crippen LogP contribution in [0.4, 0.5) is 0 Å². The summed E-state index contributed by atoms with van der Waals surface area (Å²) < 4.78 is 2.00. The highest BCUT2D eigenvalue weighted by Crippen LogP contribution is 2.29. The minimum Gasteiger partial charge on any atom is -0.337 e. The number of benzene rings is 2. The Bertz CT molecular complexity index is 1170. The number of nitrogens with zero attached hydrogens (tertiary/aromatic N) is 4. The molecule has 1 atom stereocenters. The number of nitriles is 1. The van der Waals surface area contributed by atoms with Crippen LogP contribution in [0.3, 0.4) is 0 Å². The number of fused-ring (bicyclic) bond motifs is 1. The number of rotatable bonds is 6. The zero-order valence-corrected chi connectivity index (χ0v) is 19.5. The van der Waals surface area contributed by atoms with Gasteiger partial charge in [0, 0.05) is 30.4 Å². The third-order valence-electron chi connectivity index (χ3n) is 7.05. The van der Waals surface area contributed by atoms with Crippen molar-refractivity contribution in [3.8, 4) is 11.8 Å². The van der Waals surface area contributed by atoms with E-state index in [4.69, 9.17) is 10.4 Å².